The van der Waals surface area contributed by atoms with E-state index < -0.39 is 10.0 Å². The molecule has 0 aromatic carbocycles. The Hall–Kier alpha value is -0.210. The van der Waals surface area contributed by atoms with Gasteiger partial charge in [-0.25, -0.2) is 13.1 Å². The molecular formula is C11H15BrN2O2S2. The van der Waals surface area contributed by atoms with Crippen LogP contribution in [0.1, 0.15) is 12.0 Å². The van der Waals surface area contributed by atoms with Crippen molar-refractivity contribution in [2.75, 3.05) is 19.6 Å². The van der Waals surface area contributed by atoms with Crippen molar-refractivity contribution >= 4 is 37.3 Å². The lowest BCUT2D eigenvalue weighted by atomic mass is 10.1. The Balaban J connectivity index is 2.05. The van der Waals surface area contributed by atoms with Gasteiger partial charge in [0, 0.05) is 13.1 Å². The standard InChI is InChI=1S/C11H15BrN2O2S2/c1-8-6-10(17-11(8)12)18(15,16)14-7-9-2-4-13-5-3-9/h2,6,13-14H,3-5,7H2,1H3. The third-order valence-electron chi connectivity index (χ3n) is 2.75. The summed E-state index contributed by atoms with van der Waals surface area (Å²) in [5, 5.41) is 3.20. The molecule has 0 spiro atoms. The predicted molar refractivity (Wildman–Crippen MR) is 77.5 cm³/mol. The zero-order chi connectivity index (χ0) is 13.2. The average molecular weight is 351 g/mol. The van der Waals surface area contributed by atoms with Crippen LogP contribution >= 0.6 is 27.3 Å². The molecule has 100 valence electrons. The zero-order valence-electron chi connectivity index (χ0n) is 9.99. The minimum atomic E-state index is -3.38. The summed E-state index contributed by atoms with van der Waals surface area (Å²) in [7, 11) is -3.38. The Morgan fingerprint density at radius 2 is 2.33 bits per heavy atom. The van der Waals surface area contributed by atoms with Crippen molar-refractivity contribution in [3.63, 3.8) is 0 Å². The molecule has 0 unspecified atom stereocenters. The molecule has 1 aliphatic heterocycles. The fraction of sp³-hybridized carbons (Fsp3) is 0.455. The Bertz CT molecular complexity index is 544. The van der Waals surface area contributed by atoms with Gasteiger partial charge >= 0.3 is 0 Å². The van der Waals surface area contributed by atoms with E-state index in [0.717, 1.165) is 34.4 Å². The molecule has 18 heavy (non-hydrogen) atoms. The first-order valence-electron chi connectivity index (χ1n) is 5.63. The van der Waals surface area contributed by atoms with Crippen molar-refractivity contribution in [3.8, 4) is 0 Å². The van der Waals surface area contributed by atoms with Gasteiger partial charge in [-0.2, -0.15) is 0 Å². The van der Waals surface area contributed by atoms with Crippen molar-refractivity contribution in [2.24, 2.45) is 0 Å². The molecule has 1 aromatic heterocycles. The SMILES string of the molecule is Cc1cc(S(=O)(=O)NCC2=CCNCC2)sc1Br. The molecule has 1 aliphatic rings. The van der Waals surface area contributed by atoms with Gasteiger partial charge in [-0.3, -0.25) is 0 Å². The maximum atomic E-state index is 12.1. The molecule has 0 saturated heterocycles. The minimum Gasteiger partial charge on any atom is -0.313 e. The monoisotopic (exact) mass is 350 g/mol. The van der Waals surface area contributed by atoms with Crippen LogP contribution in [0.25, 0.3) is 0 Å². The lowest BCUT2D eigenvalue weighted by Gasteiger charge is -2.14. The Kier molecular flexibility index (Phi) is 4.60. The smallest absolute Gasteiger partial charge is 0.250 e. The molecular weight excluding hydrogens is 336 g/mol. The minimum absolute atomic E-state index is 0.362. The Morgan fingerprint density at radius 1 is 1.56 bits per heavy atom. The molecule has 4 nitrogen and oxygen atoms in total. The highest BCUT2D eigenvalue weighted by molar-refractivity contribution is 9.11. The lowest BCUT2D eigenvalue weighted by molar-refractivity contribution is 0.584. The summed E-state index contributed by atoms with van der Waals surface area (Å²) in [5.41, 5.74) is 2.09. The van der Waals surface area contributed by atoms with Crippen molar-refractivity contribution < 1.29 is 8.42 Å². The maximum absolute atomic E-state index is 12.1. The van der Waals surface area contributed by atoms with Crippen molar-refractivity contribution in [2.45, 2.75) is 17.6 Å². The van der Waals surface area contributed by atoms with Gasteiger partial charge in [0.25, 0.3) is 0 Å². The predicted octanol–water partition coefficient (Wildman–Crippen LogP) is 2.02. The van der Waals surface area contributed by atoms with Crippen molar-refractivity contribution in [3.05, 3.63) is 27.1 Å². The molecule has 2 heterocycles. The van der Waals surface area contributed by atoms with Gasteiger partial charge in [-0.1, -0.05) is 11.6 Å². The second-order valence-corrected chi connectivity index (χ2v) is 8.53. The number of hydrogen-bond donors (Lipinski definition) is 2. The fourth-order valence-electron chi connectivity index (χ4n) is 1.65. The van der Waals surface area contributed by atoms with Crippen LogP contribution in [-0.4, -0.2) is 28.1 Å². The molecule has 0 fully saturated rings. The van der Waals surface area contributed by atoms with Gasteiger partial charge in [-0.05, 0) is 47.4 Å². The molecule has 0 amide bonds. The normalized spacial score (nSPS) is 16.7. The van der Waals surface area contributed by atoms with Crippen LogP contribution in [0.2, 0.25) is 0 Å². The molecule has 2 rings (SSSR count). The van der Waals surface area contributed by atoms with E-state index in [4.69, 9.17) is 0 Å². The summed E-state index contributed by atoms with van der Waals surface area (Å²) < 4.78 is 28.0. The van der Waals surface area contributed by atoms with Gasteiger partial charge in [0.15, 0.2) is 0 Å². The highest BCUT2D eigenvalue weighted by atomic mass is 79.9. The summed E-state index contributed by atoms with van der Waals surface area (Å²) in [6.07, 6.45) is 2.94. The highest BCUT2D eigenvalue weighted by Crippen LogP contribution is 2.30. The number of hydrogen-bond acceptors (Lipinski definition) is 4. The first-order chi connectivity index (χ1) is 8.49. The number of aryl methyl sites for hydroxylation is 1. The first-order valence-corrected chi connectivity index (χ1v) is 8.72. The van der Waals surface area contributed by atoms with Crippen LogP contribution in [0.4, 0.5) is 0 Å². The quantitative estimate of drug-likeness (QED) is 0.816. The van der Waals surface area contributed by atoms with E-state index in [0.29, 0.717) is 10.8 Å². The lowest BCUT2D eigenvalue weighted by Crippen LogP contribution is -2.29. The molecule has 0 bridgehead atoms. The van der Waals surface area contributed by atoms with Crippen LogP contribution in [0.5, 0.6) is 0 Å². The van der Waals surface area contributed by atoms with E-state index in [-0.39, 0.29) is 0 Å². The molecule has 2 N–H and O–H groups in total. The Labute approximate surface area is 120 Å². The summed E-state index contributed by atoms with van der Waals surface area (Å²) >= 11 is 4.59. The Morgan fingerprint density at radius 3 is 2.89 bits per heavy atom. The largest absolute Gasteiger partial charge is 0.313 e. The van der Waals surface area contributed by atoms with Crippen LogP contribution in [0.3, 0.4) is 0 Å². The highest BCUT2D eigenvalue weighted by Gasteiger charge is 2.18. The van der Waals surface area contributed by atoms with E-state index in [9.17, 15) is 8.42 Å². The van der Waals surface area contributed by atoms with E-state index in [1.54, 1.807) is 6.07 Å². The van der Waals surface area contributed by atoms with E-state index in [1.807, 2.05) is 13.0 Å². The summed E-state index contributed by atoms with van der Waals surface area (Å²) in [6.45, 7) is 4.02. The molecule has 0 radical (unpaired) electrons. The topological polar surface area (TPSA) is 58.2 Å². The molecule has 0 aliphatic carbocycles. The summed E-state index contributed by atoms with van der Waals surface area (Å²) in [6, 6.07) is 1.69. The van der Waals surface area contributed by atoms with Gasteiger partial charge in [0.2, 0.25) is 10.0 Å². The molecule has 0 atom stereocenters. The third kappa shape index (κ3) is 3.42. The van der Waals surface area contributed by atoms with Crippen LogP contribution in [0, 0.1) is 6.92 Å². The number of sulfonamides is 1. The van der Waals surface area contributed by atoms with Gasteiger partial charge in [0.05, 0.1) is 3.79 Å². The second-order valence-electron chi connectivity index (χ2n) is 4.16. The van der Waals surface area contributed by atoms with Crippen LogP contribution in [-0.2, 0) is 10.0 Å². The van der Waals surface area contributed by atoms with Crippen molar-refractivity contribution in [1.29, 1.82) is 0 Å². The van der Waals surface area contributed by atoms with E-state index >= 15 is 0 Å². The van der Waals surface area contributed by atoms with Gasteiger partial charge < -0.3 is 5.32 Å². The average Bonchev–Trinajstić information content (AvgIpc) is 2.70. The van der Waals surface area contributed by atoms with Crippen molar-refractivity contribution in [1.82, 2.24) is 10.0 Å². The van der Waals surface area contributed by atoms with Gasteiger partial charge in [0.1, 0.15) is 4.21 Å². The first kappa shape index (κ1) is 14.2. The second kappa shape index (κ2) is 5.83. The zero-order valence-corrected chi connectivity index (χ0v) is 13.2. The van der Waals surface area contributed by atoms with Crippen LogP contribution in [0.15, 0.2) is 25.7 Å². The molecule has 7 heteroatoms. The van der Waals surface area contributed by atoms with E-state index in [2.05, 4.69) is 26.0 Å². The third-order valence-corrected chi connectivity index (χ3v) is 6.76. The number of halogens is 1. The number of nitrogens with one attached hydrogen (secondary N) is 2. The summed E-state index contributed by atoms with van der Waals surface area (Å²) in [4.78, 5) is 0. The number of rotatable bonds is 4. The number of thiophene rings is 1. The maximum Gasteiger partial charge on any atom is 0.250 e. The van der Waals surface area contributed by atoms with Gasteiger partial charge in [-0.15, -0.1) is 11.3 Å². The molecule has 0 saturated carbocycles. The van der Waals surface area contributed by atoms with E-state index in [1.165, 1.54) is 11.3 Å². The summed E-state index contributed by atoms with van der Waals surface area (Å²) in [5.74, 6) is 0. The van der Waals surface area contributed by atoms with Crippen LogP contribution < -0.4 is 10.0 Å². The fourth-order valence-corrected chi connectivity index (χ4v) is 4.96. The molecule has 1 aromatic rings.